The number of nitrogens with one attached hydrogen (secondary N) is 1. The van der Waals surface area contributed by atoms with Crippen LogP contribution in [0.1, 0.15) is 21.5 Å². The zero-order valence-electron chi connectivity index (χ0n) is 12.0. The minimum absolute atomic E-state index is 0.225. The number of methoxy groups -OCH3 is 1. The molecule has 0 bridgehead atoms. The molecule has 0 aliphatic rings. The number of aromatic nitrogens is 3. The first-order chi connectivity index (χ1) is 10.7. The summed E-state index contributed by atoms with van der Waals surface area (Å²) in [4.78, 5) is 22.7. The molecule has 3 heterocycles. The van der Waals surface area contributed by atoms with Crippen LogP contribution in [0.25, 0.3) is 22.2 Å². The Morgan fingerprint density at radius 3 is 2.86 bits per heavy atom. The Morgan fingerprint density at radius 1 is 1.41 bits per heavy atom. The molecule has 0 saturated heterocycles. The van der Waals surface area contributed by atoms with Gasteiger partial charge in [0.2, 0.25) is 5.88 Å². The number of aromatic amines is 1. The van der Waals surface area contributed by atoms with Gasteiger partial charge in [-0.2, -0.15) is 5.26 Å². The third kappa shape index (κ3) is 1.91. The van der Waals surface area contributed by atoms with Crippen LogP contribution in [-0.2, 0) is 0 Å². The van der Waals surface area contributed by atoms with Gasteiger partial charge in [-0.1, -0.05) is 0 Å². The number of nitriles is 1. The number of rotatable bonds is 3. The summed E-state index contributed by atoms with van der Waals surface area (Å²) in [5.41, 5.74) is 3.68. The number of aryl methyl sites for hydroxylation is 1. The van der Waals surface area contributed by atoms with Crippen molar-refractivity contribution in [2.45, 2.75) is 6.92 Å². The molecule has 0 radical (unpaired) electrons. The van der Waals surface area contributed by atoms with Gasteiger partial charge in [0.15, 0.2) is 6.29 Å². The summed E-state index contributed by atoms with van der Waals surface area (Å²) in [5, 5.41) is 10.1. The molecule has 1 N–H and O–H groups in total. The number of hydrogen-bond acceptors (Lipinski definition) is 5. The molecule has 0 saturated carbocycles. The Morgan fingerprint density at radius 2 is 2.23 bits per heavy atom. The standard InChI is InChI=1S/C16H12N4O2/c1-9-3-4-18-6-11(9)14-10(5-17)12-7-19-16(22-2)13(8-21)15(12)20-14/h3-4,6-8,20H,1-2H3. The van der Waals surface area contributed by atoms with Crippen molar-refractivity contribution in [3.8, 4) is 23.2 Å². The fourth-order valence-corrected chi connectivity index (χ4v) is 2.47. The fraction of sp³-hybridized carbons (Fsp3) is 0.125. The lowest BCUT2D eigenvalue weighted by Gasteiger charge is -2.02. The quantitative estimate of drug-likeness (QED) is 0.749. The first-order valence-corrected chi connectivity index (χ1v) is 6.56. The molecule has 0 fully saturated rings. The van der Waals surface area contributed by atoms with Crippen LogP contribution < -0.4 is 4.74 Å². The summed E-state index contributed by atoms with van der Waals surface area (Å²) < 4.78 is 5.10. The van der Waals surface area contributed by atoms with E-state index in [0.717, 1.165) is 11.1 Å². The summed E-state index contributed by atoms with van der Waals surface area (Å²) >= 11 is 0. The number of carbonyl (C=O) groups is 1. The molecular weight excluding hydrogens is 280 g/mol. The van der Waals surface area contributed by atoms with Gasteiger partial charge in [0.25, 0.3) is 0 Å². The highest BCUT2D eigenvalue weighted by atomic mass is 16.5. The number of hydrogen-bond donors (Lipinski definition) is 1. The van der Waals surface area contributed by atoms with Crippen LogP contribution in [0.5, 0.6) is 5.88 Å². The van der Waals surface area contributed by atoms with Crippen LogP contribution in [0.4, 0.5) is 0 Å². The van der Waals surface area contributed by atoms with Crippen molar-refractivity contribution < 1.29 is 9.53 Å². The van der Waals surface area contributed by atoms with E-state index in [4.69, 9.17) is 4.74 Å². The second kappa shape index (κ2) is 5.30. The number of carbonyl (C=O) groups excluding carboxylic acids is 1. The SMILES string of the molecule is COc1ncc2c(C#N)c(-c3cnccc3C)[nH]c2c1C=O. The van der Waals surface area contributed by atoms with E-state index in [0.29, 0.717) is 34.0 Å². The van der Waals surface area contributed by atoms with Gasteiger partial charge in [-0.3, -0.25) is 9.78 Å². The van der Waals surface area contributed by atoms with Crippen LogP contribution in [0.3, 0.4) is 0 Å². The van der Waals surface area contributed by atoms with E-state index in [1.54, 1.807) is 12.4 Å². The Bertz CT molecular complexity index is 922. The van der Waals surface area contributed by atoms with E-state index in [9.17, 15) is 10.1 Å². The highest BCUT2D eigenvalue weighted by Gasteiger charge is 2.19. The zero-order chi connectivity index (χ0) is 15.7. The molecule has 22 heavy (non-hydrogen) atoms. The van der Waals surface area contributed by atoms with Gasteiger partial charge < -0.3 is 9.72 Å². The minimum Gasteiger partial charge on any atom is -0.480 e. The van der Waals surface area contributed by atoms with Crippen molar-refractivity contribution in [2.75, 3.05) is 7.11 Å². The monoisotopic (exact) mass is 292 g/mol. The Kier molecular flexibility index (Phi) is 3.31. The van der Waals surface area contributed by atoms with Gasteiger partial charge in [-0.15, -0.1) is 0 Å². The lowest BCUT2D eigenvalue weighted by Crippen LogP contribution is -1.94. The van der Waals surface area contributed by atoms with Crippen molar-refractivity contribution in [3.63, 3.8) is 0 Å². The molecule has 3 aromatic heterocycles. The normalized spacial score (nSPS) is 10.4. The highest BCUT2D eigenvalue weighted by Crippen LogP contribution is 2.34. The van der Waals surface area contributed by atoms with E-state index in [1.807, 2.05) is 13.0 Å². The van der Waals surface area contributed by atoms with E-state index < -0.39 is 0 Å². The number of H-pyrrole nitrogens is 1. The van der Waals surface area contributed by atoms with E-state index >= 15 is 0 Å². The maximum atomic E-state index is 11.4. The number of fused-ring (bicyclic) bond motifs is 1. The largest absolute Gasteiger partial charge is 0.480 e. The molecule has 3 aromatic rings. The topological polar surface area (TPSA) is 91.7 Å². The number of ether oxygens (including phenoxy) is 1. The number of aldehydes is 1. The van der Waals surface area contributed by atoms with Gasteiger partial charge in [-0.05, 0) is 18.6 Å². The smallest absolute Gasteiger partial charge is 0.225 e. The van der Waals surface area contributed by atoms with Crippen molar-refractivity contribution >= 4 is 17.2 Å². The third-order valence-corrected chi connectivity index (χ3v) is 3.58. The van der Waals surface area contributed by atoms with Gasteiger partial charge in [0, 0.05) is 29.5 Å². The van der Waals surface area contributed by atoms with Crippen molar-refractivity contribution in [2.24, 2.45) is 0 Å². The molecule has 0 atom stereocenters. The average molecular weight is 292 g/mol. The lowest BCUT2D eigenvalue weighted by atomic mass is 10.0. The molecule has 0 unspecified atom stereocenters. The van der Waals surface area contributed by atoms with Crippen LogP contribution in [0.2, 0.25) is 0 Å². The second-order valence-electron chi connectivity index (χ2n) is 4.77. The van der Waals surface area contributed by atoms with Gasteiger partial charge in [0.1, 0.15) is 11.6 Å². The predicted octanol–water partition coefficient (Wildman–Crippen LogP) is 2.63. The molecule has 6 nitrogen and oxygen atoms in total. The Balaban J connectivity index is 2.41. The molecule has 0 spiro atoms. The zero-order valence-corrected chi connectivity index (χ0v) is 12.0. The average Bonchev–Trinajstić information content (AvgIpc) is 2.92. The van der Waals surface area contributed by atoms with Crippen LogP contribution in [0.15, 0.2) is 24.7 Å². The summed E-state index contributed by atoms with van der Waals surface area (Å²) in [5.74, 6) is 0.225. The summed E-state index contributed by atoms with van der Waals surface area (Å²) in [6.07, 6.45) is 5.58. The maximum Gasteiger partial charge on any atom is 0.225 e. The van der Waals surface area contributed by atoms with Crippen LogP contribution in [-0.4, -0.2) is 28.3 Å². The minimum atomic E-state index is 0.225. The van der Waals surface area contributed by atoms with Gasteiger partial charge in [0.05, 0.1) is 23.9 Å². The molecule has 0 aliphatic carbocycles. The van der Waals surface area contributed by atoms with Crippen LogP contribution in [0, 0.1) is 18.3 Å². The maximum absolute atomic E-state index is 11.4. The van der Waals surface area contributed by atoms with Crippen molar-refractivity contribution in [1.82, 2.24) is 15.0 Å². The van der Waals surface area contributed by atoms with Gasteiger partial charge in [-0.25, -0.2) is 4.98 Å². The molecule has 6 heteroatoms. The number of pyridine rings is 2. The van der Waals surface area contributed by atoms with E-state index in [1.165, 1.54) is 13.3 Å². The summed E-state index contributed by atoms with van der Waals surface area (Å²) in [6, 6.07) is 4.04. The second-order valence-corrected chi connectivity index (χ2v) is 4.77. The fourth-order valence-electron chi connectivity index (χ4n) is 2.47. The Labute approximate surface area is 126 Å². The van der Waals surface area contributed by atoms with Crippen LogP contribution >= 0.6 is 0 Å². The Hall–Kier alpha value is -3.20. The molecule has 0 aromatic carbocycles. The molecular formula is C16H12N4O2. The first-order valence-electron chi connectivity index (χ1n) is 6.56. The molecule has 0 amide bonds. The lowest BCUT2D eigenvalue weighted by molar-refractivity contribution is 0.112. The summed E-state index contributed by atoms with van der Waals surface area (Å²) in [7, 11) is 1.45. The highest BCUT2D eigenvalue weighted by molar-refractivity contribution is 6.03. The van der Waals surface area contributed by atoms with E-state index in [-0.39, 0.29) is 5.88 Å². The first kappa shape index (κ1) is 13.8. The molecule has 3 rings (SSSR count). The summed E-state index contributed by atoms with van der Waals surface area (Å²) in [6.45, 7) is 1.93. The van der Waals surface area contributed by atoms with Crippen molar-refractivity contribution in [1.29, 1.82) is 5.26 Å². The van der Waals surface area contributed by atoms with Crippen molar-refractivity contribution in [3.05, 3.63) is 41.3 Å². The predicted molar refractivity (Wildman–Crippen MR) is 80.7 cm³/mol. The van der Waals surface area contributed by atoms with E-state index in [2.05, 4.69) is 21.0 Å². The molecule has 0 aliphatic heterocycles. The van der Waals surface area contributed by atoms with Gasteiger partial charge >= 0.3 is 0 Å². The third-order valence-electron chi connectivity index (χ3n) is 3.58. The molecule has 108 valence electrons. The number of nitrogens with zero attached hydrogens (tertiary/aromatic N) is 3.